The summed E-state index contributed by atoms with van der Waals surface area (Å²) in [4.78, 5) is 64.2. The molecule has 0 aliphatic heterocycles. The molecule has 4 atom stereocenters. The van der Waals surface area contributed by atoms with Gasteiger partial charge in [-0.05, 0) is 31.1 Å². The van der Waals surface area contributed by atoms with Crippen molar-refractivity contribution >= 4 is 35.6 Å². The van der Waals surface area contributed by atoms with Crippen molar-refractivity contribution < 1.29 is 34.2 Å². The van der Waals surface area contributed by atoms with E-state index in [0.29, 0.717) is 13.0 Å². The summed E-state index contributed by atoms with van der Waals surface area (Å²) in [7, 11) is 0. The van der Waals surface area contributed by atoms with Gasteiger partial charge in [-0.2, -0.15) is 0 Å². The van der Waals surface area contributed by atoms with Crippen LogP contribution < -0.4 is 33.2 Å². The molecule has 0 heterocycles. The second kappa shape index (κ2) is 15.5. The molecule has 0 saturated carbocycles. The summed E-state index contributed by atoms with van der Waals surface area (Å²) in [5, 5.41) is 25.3. The molecule has 11 N–H and O–H groups in total. The third-order valence-electron chi connectivity index (χ3n) is 4.88. The summed E-state index contributed by atoms with van der Waals surface area (Å²) >= 11 is 0. The fraction of sp³-hybridized carbons (Fsp3) is 0.714. The first-order valence-electron chi connectivity index (χ1n) is 11.3. The smallest absolute Gasteiger partial charge is 0.326 e. The second-order valence-electron chi connectivity index (χ2n) is 8.97. The number of carbonyl (C=O) groups excluding carboxylic acids is 3. The van der Waals surface area contributed by atoms with Gasteiger partial charge in [0.25, 0.3) is 0 Å². The van der Waals surface area contributed by atoms with E-state index in [1.807, 2.05) is 13.8 Å². The van der Waals surface area contributed by atoms with Gasteiger partial charge in [0.15, 0.2) is 5.96 Å². The standard InChI is InChI=1S/C21H39N7O7/c1-10(2)8-13(26-17(31)12(22)6-5-7-25-21(23)24)18(32)28-16(11(3)4)19(33)27-14(20(34)35)9-15(29)30/h10-14,16H,5-9,22H2,1-4H3,(H,26,31)(H,27,33)(H,28,32)(H,29,30)(H,34,35)(H4,23,24,25). The lowest BCUT2D eigenvalue weighted by Gasteiger charge is -2.27. The van der Waals surface area contributed by atoms with E-state index in [-0.39, 0.29) is 24.7 Å². The normalized spacial score (nSPS) is 14.4. The van der Waals surface area contributed by atoms with E-state index in [0.717, 1.165) is 0 Å². The molecule has 4 unspecified atom stereocenters. The topological polar surface area (TPSA) is 252 Å². The number of guanidine groups is 1. The van der Waals surface area contributed by atoms with E-state index in [4.69, 9.17) is 22.3 Å². The summed E-state index contributed by atoms with van der Waals surface area (Å²) < 4.78 is 0. The van der Waals surface area contributed by atoms with Crippen molar-refractivity contribution in [3.05, 3.63) is 0 Å². The van der Waals surface area contributed by atoms with E-state index in [1.54, 1.807) is 13.8 Å². The summed E-state index contributed by atoms with van der Waals surface area (Å²) in [5.41, 5.74) is 16.4. The minimum absolute atomic E-state index is 0.00225. The van der Waals surface area contributed by atoms with E-state index in [2.05, 4.69) is 20.9 Å². The molecule has 0 fully saturated rings. The van der Waals surface area contributed by atoms with Crippen LogP contribution >= 0.6 is 0 Å². The molecule has 0 radical (unpaired) electrons. The van der Waals surface area contributed by atoms with Crippen LogP contribution in [0.3, 0.4) is 0 Å². The first kappa shape index (κ1) is 31.6. The Morgan fingerprint density at radius 3 is 1.89 bits per heavy atom. The number of aliphatic imine (C=N–C) groups is 1. The van der Waals surface area contributed by atoms with E-state index >= 15 is 0 Å². The highest BCUT2D eigenvalue weighted by molar-refractivity contribution is 5.94. The summed E-state index contributed by atoms with van der Waals surface area (Å²) in [6.07, 6.45) is 0.147. The lowest BCUT2D eigenvalue weighted by atomic mass is 9.99. The number of carboxylic acid groups (broad SMARTS) is 2. The Morgan fingerprint density at radius 2 is 1.43 bits per heavy atom. The van der Waals surface area contributed by atoms with Gasteiger partial charge >= 0.3 is 11.9 Å². The van der Waals surface area contributed by atoms with E-state index in [9.17, 15) is 29.1 Å². The highest BCUT2D eigenvalue weighted by Gasteiger charge is 2.32. The fourth-order valence-electron chi connectivity index (χ4n) is 3.06. The number of nitrogens with two attached hydrogens (primary N) is 3. The Bertz CT molecular complexity index is 782. The van der Waals surface area contributed by atoms with E-state index < -0.39 is 66.2 Å². The van der Waals surface area contributed by atoms with Gasteiger partial charge in [0.05, 0.1) is 12.5 Å². The van der Waals surface area contributed by atoms with Crippen molar-refractivity contribution in [3.8, 4) is 0 Å². The molecule has 35 heavy (non-hydrogen) atoms. The van der Waals surface area contributed by atoms with Crippen LogP contribution in [0, 0.1) is 11.8 Å². The Labute approximate surface area is 204 Å². The van der Waals surface area contributed by atoms with Crippen LogP contribution in [-0.2, 0) is 24.0 Å². The molecule has 0 aliphatic carbocycles. The van der Waals surface area contributed by atoms with Gasteiger partial charge in [-0.3, -0.25) is 24.2 Å². The van der Waals surface area contributed by atoms with Gasteiger partial charge in [0, 0.05) is 6.54 Å². The predicted octanol–water partition coefficient (Wildman–Crippen LogP) is -1.92. The second-order valence-corrected chi connectivity index (χ2v) is 8.97. The number of hydrogen-bond donors (Lipinski definition) is 8. The molecule has 0 bridgehead atoms. The zero-order valence-corrected chi connectivity index (χ0v) is 20.6. The van der Waals surface area contributed by atoms with Crippen LogP contribution in [-0.4, -0.2) is 76.5 Å². The highest BCUT2D eigenvalue weighted by Crippen LogP contribution is 2.09. The Hall–Kier alpha value is -3.42. The van der Waals surface area contributed by atoms with Crippen LogP contribution in [0.5, 0.6) is 0 Å². The van der Waals surface area contributed by atoms with Gasteiger partial charge in [0.1, 0.15) is 18.1 Å². The molecular weight excluding hydrogens is 462 g/mol. The lowest BCUT2D eigenvalue weighted by molar-refractivity contribution is -0.147. The SMILES string of the molecule is CC(C)CC(NC(=O)C(N)CCCN=C(N)N)C(=O)NC(C(=O)NC(CC(=O)O)C(=O)O)C(C)C. The van der Waals surface area contributed by atoms with Crippen molar-refractivity contribution in [1.29, 1.82) is 0 Å². The molecule has 0 aromatic heterocycles. The fourth-order valence-corrected chi connectivity index (χ4v) is 3.06. The van der Waals surface area contributed by atoms with Gasteiger partial charge in [-0.15, -0.1) is 0 Å². The van der Waals surface area contributed by atoms with Crippen LogP contribution in [0.4, 0.5) is 0 Å². The van der Waals surface area contributed by atoms with Crippen molar-refractivity contribution in [2.24, 2.45) is 34.0 Å². The summed E-state index contributed by atoms with van der Waals surface area (Å²) in [6.45, 7) is 7.23. The molecule has 3 amide bonds. The van der Waals surface area contributed by atoms with E-state index in [1.165, 1.54) is 0 Å². The lowest BCUT2D eigenvalue weighted by Crippen LogP contribution is -2.58. The van der Waals surface area contributed by atoms with Crippen molar-refractivity contribution in [2.75, 3.05) is 6.54 Å². The van der Waals surface area contributed by atoms with Crippen molar-refractivity contribution in [2.45, 2.75) is 77.5 Å². The minimum Gasteiger partial charge on any atom is -0.481 e. The molecular formula is C21H39N7O7. The Balaban J connectivity index is 5.34. The third-order valence-corrected chi connectivity index (χ3v) is 4.88. The number of hydrogen-bond acceptors (Lipinski definition) is 7. The minimum atomic E-state index is -1.67. The molecule has 0 spiro atoms. The molecule has 200 valence electrons. The van der Waals surface area contributed by atoms with Crippen LogP contribution in [0.15, 0.2) is 4.99 Å². The number of nitrogens with zero attached hydrogens (tertiary/aromatic N) is 1. The monoisotopic (exact) mass is 501 g/mol. The maximum absolute atomic E-state index is 13.0. The molecule has 14 heteroatoms. The largest absolute Gasteiger partial charge is 0.481 e. The molecule has 0 rings (SSSR count). The summed E-state index contributed by atoms with van der Waals surface area (Å²) in [6, 6.07) is -4.75. The predicted molar refractivity (Wildman–Crippen MR) is 128 cm³/mol. The van der Waals surface area contributed by atoms with Gasteiger partial charge < -0.3 is 43.4 Å². The summed E-state index contributed by atoms with van der Waals surface area (Å²) in [5.74, 6) is -5.53. The van der Waals surface area contributed by atoms with Crippen molar-refractivity contribution in [1.82, 2.24) is 16.0 Å². The van der Waals surface area contributed by atoms with Crippen LogP contribution in [0.1, 0.15) is 53.4 Å². The third kappa shape index (κ3) is 13.2. The average molecular weight is 502 g/mol. The molecule has 0 aromatic rings. The number of nitrogens with one attached hydrogen (secondary N) is 3. The number of carboxylic acids is 2. The molecule has 0 aliphatic rings. The average Bonchev–Trinajstić information content (AvgIpc) is 2.72. The number of amides is 3. The maximum Gasteiger partial charge on any atom is 0.326 e. The molecule has 0 aromatic carbocycles. The number of aliphatic carboxylic acids is 2. The Morgan fingerprint density at radius 1 is 0.857 bits per heavy atom. The first-order valence-corrected chi connectivity index (χ1v) is 11.3. The van der Waals surface area contributed by atoms with Crippen LogP contribution in [0.25, 0.3) is 0 Å². The van der Waals surface area contributed by atoms with Gasteiger partial charge in [-0.1, -0.05) is 27.7 Å². The van der Waals surface area contributed by atoms with Crippen molar-refractivity contribution in [3.63, 3.8) is 0 Å². The zero-order chi connectivity index (χ0) is 27.3. The molecule has 0 saturated heterocycles. The Kier molecular flexibility index (Phi) is 14.0. The van der Waals surface area contributed by atoms with Crippen LogP contribution in [0.2, 0.25) is 0 Å². The number of rotatable bonds is 16. The molecule has 14 nitrogen and oxygen atoms in total. The highest BCUT2D eigenvalue weighted by atomic mass is 16.4. The van der Waals surface area contributed by atoms with Gasteiger partial charge in [0.2, 0.25) is 17.7 Å². The zero-order valence-electron chi connectivity index (χ0n) is 20.6. The maximum atomic E-state index is 13.0. The quantitative estimate of drug-likeness (QED) is 0.0661. The van der Waals surface area contributed by atoms with Gasteiger partial charge in [-0.25, -0.2) is 4.79 Å². The number of carbonyl (C=O) groups is 5. The first-order chi connectivity index (χ1) is 16.1.